The molecule has 1 aromatic carbocycles. The van der Waals surface area contributed by atoms with E-state index in [0.717, 1.165) is 5.69 Å². The highest BCUT2D eigenvalue weighted by Gasteiger charge is 2.12. The van der Waals surface area contributed by atoms with Gasteiger partial charge in [-0.1, -0.05) is 12.2 Å². The molecule has 1 amide bonds. The minimum absolute atomic E-state index is 0.0388. The molecule has 2 N–H and O–H groups in total. The van der Waals surface area contributed by atoms with E-state index in [1.165, 1.54) is 12.1 Å². The molecule has 4 nitrogen and oxygen atoms in total. The van der Waals surface area contributed by atoms with Gasteiger partial charge < -0.3 is 15.5 Å². The van der Waals surface area contributed by atoms with Gasteiger partial charge in [0, 0.05) is 32.7 Å². The van der Waals surface area contributed by atoms with Gasteiger partial charge in [-0.2, -0.15) is 0 Å². The van der Waals surface area contributed by atoms with Gasteiger partial charge in [-0.15, -0.1) is 0 Å². The summed E-state index contributed by atoms with van der Waals surface area (Å²) >= 11 is 4.77. The molecule has 6 heteroatoms. The topological polar surface area (TPSA) is 49.6 Å². The Morgan fingerprint density at radius 1 is 1.32 bits per heavy atom. The van der Waals surface area contributed by atoms with Crippen LogP contribution in [-0.2, 0) is 4.79 Å². The molecule has 0 aliphatic heterocycles. The van der Waals surface area contributed by atoms with Gasteiger partial charge in [0.25, 0.3) is 0 Å². The number of amides is 1. The Hall–Kier alpha value is -1.69. The van der Waals surface area contributed by atoms with E-state index in [-0.39, 0.29) is 18.3 Å². The molecule has 0 radical (unpaired) electrons. The highest BCUT2D eigenvalue weighted by molar-refractivity contribution is 7.80. The first-order valence-corrected chi connectivity index (χ1v) is 6.30. The summed E-state index contributed by atoms with van der Waals surface area (Å²) in [4.78, 5) is 15.7. The average molecular weight is 283 g/mol. The highest BCUT2D eigenvalue weighted by atomic mass is 32.1. The van der Waals surface area contributed by atoms with Crippen LogP contribution >= 0.6 is 12.2 Å². The summed E-state index contributed by atoms with van der Waals surface area (Å²) in [5.74, 6) is -0.333. The first-order chi connectivity index (χ1) is 8.90. The zero-order valence-electron chi connectivity index (χ0n) is 11.1. The van der Waals surface area contributed by atoms with Gasteiger partial charge >= 0.3 is 0 Å². The third-order valence-corrected chi connectivity index (χ3v) is 2.96. The van der Waals surface area contributed by atoms with Crippen molar-refractivity contribution in [3.05, 3.63) is 30.1 Å². The monoisotopic (exact) mass is 283 g/mol. The van der Waals surface area contributed by atoms with Crippen molar-refractivity contribution in [2.45, 2.75) is 6.42 Å². The van der Waals surface area contributed by atoms with E-state index in [0.29, 0.717) is 18.0 Å². The van der Waals surface area contributed by atoms with Crippen molar-refractivity contribution in [1.82, 2.24) is 4.90 Å². The lowest BCUT2D eigenvalue weighted by Crippen LogP contribution is -2.38. The fourth-order valence-electron chi connectivity index (χ4n) is 1.51. The van der Waals surface area contributed by atoms with Gasteiger partial charge in [-0.3, -0.25) is 4.79 Å². The van der Waals surface area contributed by atoms with Gasteiger partial charge in [0.1, 0.15) is 5.82 Å². The normalized spacial score (nSPS) is 10.1. The first-order valence-electron chi connectivity index (χ1n) is 5.89. The molecule has 0 fully saturated rings. The Morgan fingerprint density at radius 2 is 1.89 bits per heavy atom. The second-order valence-corrected chi connectivity index (χ2v) is 4.89. The van der Waals surface area contributed by atoms with Gasteiger partial charge in [0.05, 0.1) is 11.5 Å². The van der Waals surface area contributed by atoms with Gasteiger partial charge in [0.2, 0.25) is 5.91 Å². The SMILES string of the molecule is CN(CCC(N)=S)C(=O)CN(C)c1ccc(F)cc1. The lowest BCUT2D eigenvalue weighted by Gasteiger charge is -2.23. The summed E-state index contributed by atoms with van der Waals surface area (Å²) in [6.45, 7) is 0.727. The third kappa shape index (κ3) is 5.21. The summed E-state index contributed by atoms with van der Waals surface area (Å²) in [6, 6.07) is 6.01. The number of benzene rings is 1. The fraction of sp³-hybridized carbons (Fsp3) is 0.385. The zero-order valence-corrected chi connectivity index (χ0v) is 11.9. The van der Waals surface area contributed by atoms with E-state index in [2.05, 4.69) is 0 Å². The number of halogens is 1. The molecule has 0 saturated heterocycles. The Balaban J connectivity index is 2.51. The van der Waals surface area contributed by atoms with Crippen LogP contribution in [0.5, 0.6) is 0 Å². The second-order valence-electron chi connectivity index (χ2n) is 4.36. The van der Waals surface area contributed by atoms with Crippen molar-refractivity contribution < 1.29 is 9.18 Å². The molecule has 0 saturated carbocycles. The van der Waals surface area contributed by atoms with Gasteiger partial charge in [-0.25, -0.2) is 4.39 Å². The predicted molar refractivity (Wildman–Crippen MR) is 78.7 cm³/mol. The smallest absolute Gasteiger partial charge is 0.241 e. The number of carbonyl (C=O) groups is 1. The molecule has 19 heavy (non-hydrogen) atoms. The van der Waals surface area contributed by atoms with Crippen LogP contribution in [0, 0.1) is 5.82 Å². The summed E-state index contributed by atoms with van der Waals surface area (Å²) in [7, 11) is 3.49. The standard InChI is InChI=1S/C13H18FN3OS/c1-16(8-7-12(15)19)13(18)9-17(2)11-5-3-10(14)4-6-11/h3-6H,7-9H2,1-2H3,(H2,15,19). The number of anilines is 1. The van der Waals surface area contributed by atoms with Crippen molar-refractivity contribution in [2.24, 2.45) is 5.73 Å². The lowest BCUT2D eigenvalue weighted by atomic mass is 10.3. The molecule has 0 spiro atoms. The Bertz CT molecular complexity index is 450. The number of thiocarbonyl (C=S) groups is 1. The predicted octanol–water partition coefficient (Wildman–Crippen LogP) is 1.40. The van der Waals surface area contributed by atoms with Crippen molar-refractivity contribution in [2.75, 3.05) is 32.1 Å². The van der Waals surface area contributed by atoms with Crippen LogP contribution < -0.4 is 10.6 Å². The van der Waals surface area contributed by atoms with Gasteiger partial charge in [-0.05, 0) is 24.3 Å². The number of nitrogens with two attached hydrogens (primary N) is 1. The van der Waals surface area contributed by atoms with E-state index in [9.17, 15) is 9.18 Å². The summed E-state index contributed by atoms with van der Waals surface area (Å²) in [5, 5.41) is 0. The molecule has 0 aliphatic carbocycles. The van der Waals surface area contributed by atoms with E-state index in [1.54, 1.807) is 36.0 Å². The Morgan fingerprint density at radius 3 is 2.42 bits per heavy atom. The number of hydrogen-bond acceptors (Lipinski definition) is 3. The molecule has 0 heterocycles. The van der Waals surface area contributed by atoms with Crippen LogP contribution in [0.15, 0.2) is 24.3 Å². The highest BCUT2D eigenvalue weighted by Crippen LogP contribution is 2.12. The van der Waals surface area contributed by atoms with Crippen molar-refractivity contribution in [1.29, 1.82) is 0 Å². The lowest BCUT2D eigenvalue weighted by molar-refractivity contribution is -0.128. The molecule has 0 bridgehead atoms. The van der Waals surface area contributed by atoms with Crippen LogP contribution in [0.2, 0.25) is 0 Å². The van der Waals surface area contributed by atoms with Crippen LogP contribution in [0.3, 0.4) is 0 Å². The number of rotatable bonds is 6. The van der Waals surface area contributed by atoms with Crippen LogP contribution in [0.4, 0.5) is 10.1 Å². The van der Waals surface area contributed by atoms with Crippen LogP contribution in [-0.4, -0.2) is 43.0 Å². The number of carbonyl (C=O) groups excluding carboxylic acids is 1. The molecule has 1 rings (SSSR count). The molecule has 1 aromatic rings. The minimum atomic E-state index is -0.294. The van der Waals surface area contributed by atoms with Crippen LogP contribution in [0.25, 0.3) is 0 Å². The summed E-state index contributed by atoms with van der Waals surface area (Å²) in [6.07, 6.45) is 0.512. The molecule has 0 aromatic heterocycles. The maximum absolute atomic E-state index is 12.8. The van der Waals surface area contributed by atoms with Crippen molar-refractivity contribution in [3.63, 3.8) is 0 Å². The molecule has 0 aliphatic rings. The Labute approximate surface area is 118 Å². The maximum Gasteiger partial charge on any atom is 0.241 e. The molecule has 0 atom stereocenters. The van der Waals surface area contributed by atoms with E-state index >= 15 is 0 Å². The average Bonchev–Trinajstić information content (AvgIpc) is 2.36. The Kier molecular flexibility index (Phi) is 5.69. The minimum Gasteiger partial charge on any atom is -0.393 e. The largest absolute Gasteiger partial charge is 0.393 e. The summed E-state index contributed by atoms with van der Waals surface area (Å²) < 4.78 is 12.8. The molecular formula is C13H18FN3OS. The summed E-state index contributed by atoms with van der Waals surface area (Å²) in [5.41, 5.74) is 6.18. The maximum atomic E-state index is 12.8. The van der Waals surface area contributed by atoms with Crippen molar-refractivity contribution >= 4 is 28.8 Å². The van der Waals surface area contributed by atoms with Crippen LogP contribution in [0.1, 0.15) is 6.42 Å². The van der Waals surface area contributed by atoms with Gasteiger partial charge in [0.15, 0.2) is 0 Å². The zero-order chi connectivity index (χ0) is 14.4. The third-order valence-electron chi connectivity index (χ3n) is 2.76. The molecule has 104 valence electrons. The second kappa shape index (κ2) is 7.04. The number of hydrogen-bond donors (Lipinski definition) is 1. The molecule has 0 unspecified atom stereocenters. The van der Waals surface area contributed by atoms with Crippen molar-refractivity contribution in [3.8, 4) is 0 Å². The first kappa shape index (κ1) is 15.4. The van der Waals surface area contributed by atoms with E-state index < -0.39 is 0 Å². The van der Waals surface area contributed by atoms with E-state index in [4.69, 9.17) is 18.0 Å². The quantitative estimate of drug-likeness (QED) is 0.802. The van der Waals surface area contributed by atoms with E-state index in [1.807, 2.05) is 0 Å². The molecular weight excluding hydrogens is 265 g/mol. The fourth-order valence-corrected chi connectivity index (χ4v) is 1.60. The number of likely N-dealkylation sites (N-methyl/N-ethyl adjacent to an activating group) is 2. The number of nitrogens with zero attached hydrogens (tertiary/aromatic N) is 2.